The minimum Gasteiger partial charge on any atom is -0.455 e. The van der Waals surface area contributed by atoms with E-state index >= 15 is 0 Å². The van der Waals surface area contributed by atoms with Crippen molar-refractivity contribution in [3.8, 4) is 0 Å². The molecular weight excluding hydrogens is 473 g/mol. The molecule has 32 heavy (non-hydrogen) atoms. The Balaban J connectivity index is 1.35. The van der Waals surface area contributed by atoms with Gasteiger partial charge in [-0.1, -0.05) is 53.4 Å². The summed E-state index contributed by atoms with van der Waals surface area (Å²) in [7, 11) is -3.58. The van der Waals surface area contributed by atoms with Crippen molar-refractivity contribution in [3.63, 3.8) is 0 Å². The minimum absolute atomic E-state index is 0.0287. The standard InChI is InChI=1S/C21H16FN3O4S3/c22-15-8-6-14(7-9-15)12-30-21-25-24-20(31-21)23-19(26)18-11-10-16(29-18)13-32(27,28)17-4-2-1-3-5-17/h1-11H,12-13H2,(H,23,24,26). The zero-order valence-corrected chi connectivity index (χ0v) is 18.8. The van der Waals surface area contributed by atoms with Crippen molar-refractivity contribution < 1.29 is 22.0 Å². The van der Waals surface area contributed by atoms with E-state index < -0.39 is 15.7 Å². The summed E-state index contributed by atoms with van der Waals surface area (Å²) in [6.07, 6.45) is 0. The van der Waals surface area contributed by atoms with Crippen molar-refractivity contribution in [1.29, 1.82) is 0 Å². The van der Waals surface area contributed by atoms with Crippen LogP contribution in [0.5, 0.6) is 0 Å². The van der Waals surface area contributed by atoms with Crippen molar-refractivity contribution >= 4 is 44.0 Å². The maximum absolute atomic E-state index is 13.0. The fourth-order valence-electron chi connectivity index (χ4n) is 2.68. The number of halogens is 1. The number of aromatic nitrogens is 2. The van der Waals surface area contributed by atoms with Gasteiger partial charge in [-0.05, 0) is 42.0 Å². The first kappa shape index (κ1) is 22.2. The molecule has 0 saturated heterocycles. The fourth-order valence-corrected chi connectivity index (χ4v) is 5.65. The molecule has 1 amide bonds. The molecule has 1 N–H and O–H groups in total. The Morgan fingerprint density at radius 1 is 1.03 bits per heavy atom. The number of nitrogens with zero attached hydrogens (tertiary/aromatic N) is 2. The summed E-state index contributed by atoms with van der Waals surface area (Å²) in [5.41, 5.74) is 0.936. The SMILES string of the molecule is O=C(Nc1nnc(SCc2ccc(F)cc2)s1)c1ccc(CS(=O)(=O)c2ccccc2)o1. The monoisotopic (exact) mass is 489 g/mol. The van der Waals surface area contributed by atoms with Gasteiger partial charge < -0.3 is 4.42 Å². The van der Waals surface area contributed by atoms with Crippen molar-refractivity contribution in [3.05, 3.63) is 89.6 Å². The van der Waals surface area contributed by atoms with Gasteiger partial charge in [0, 0.05) is 5.75 Å². The van der Waals surface area contributed by atoms with Gasteiger partial charge in [0.25, 0.3) is 5.91 Å². The predicted molar refractivity (Wildman–Crippen MR) is 120 cm³/mol. The zero-order valence-electron chi connectivity index (χ0n) is 16.4. The third kappa shape index (κ3) is 5.61. The van der Waals surface area contributed by atoms with E-state index in [1.54, 1.807) is 30.3 Å². The number of furan rings is 1. The van der Waals surface area contributed by atoms with Crippen LogP contribution in [0.4, 0.5) is 9.52 Å². The summed E-state index contributed by atoms with van der Waals surface area (Å²) < 4.78 is 43.9. The summed E-state index contributed by atoms with van der Waals surface area (Å²) in [6, 6.07) is 17.1. The number of anilines is 1. The van der Waals surface area contributed by atoms with E-state index in [1.807, 2.05) is 0 Å². The lowest BCUT2D eigenvalue weighted by Crippen LogP contribution is -2.10. The molecular formula is C21H16FN3O4S3. The third-order valence-corrected chi connectivity index (χ3v) is 7.92. The van der Waals surface area contributed by atoms with Crippen molar-refractivity contribution in [2.24, 2.45) is 0 Å². The molecule has 164 valence electrons. The van der Waals surface area contributed by atoms with Crippen LogP contribution in [-0.2, 0) is 21.3 Å². The minimum atomic E-state index is -3.58. The van der Waals surface area contributed by atoms with Crippen LogP contribution in [0.1, 0.15) is 21.9 Å². The topological polar surface area (TPSA) is 102 Å². The maximum Gasteiger partial charge on any atom is 0.293 e. The summed E-state index contributed by atoms with van der Waals surface area (Å²) in [4.78, 5) is 12.6. The van der Waals surface area contributed by atoms with Crippen molar-refractivity contribution in [2.75, 3.05) is 5.32 Å². The van der Waals surface area contributed by atoms with E-state index in [-0.39, 0.29) is 33.1 Å². The Labute approximate surface area is 191 Å². The molecule has 0 aliphatic carbocycles. The number of carbonyl (C=O) groups is 1. The Morgan fingerprint density at radius 2 is 1.78 bits per heavy atom. The normalized spacial score (nSPS) is 11.4. The van der Waals surface area contributed by atoms with Crippen LogP contribution in [0.15, 0.2) is 80.4 Å². The molecule has 4 aromatic rings. The molecule has 11 heteroatoms. The lowest BCUT2D eigenvalue weighted by molar-refractivity contribution is 0.0995. The second-order valence-corrected chi connectivity index (χ2v) is 10.8. The van der Waals surface area contributed by atoms with Crippen molar-refractivity contribution in [2.45, 2.75) is 20.7 Å². The highest BCUT2D eigenvalue weighted by atomic mass is 32.2. The van der Waals surface area contributed by atoms with Crippen molar-refractivity contribution in [1.82, 2.24) is 10.2 Å². The Bertz CT molecular complexity index is 1320. The number of nitrogens with one attached hydrogen (secondary N) is 1. The maximum atomic E-state index is 13.0. The lowest BCUT2D eigenvalue weighted by atomic mass is 10.2. The van der Waals surface area contributed by atoms with Gasteiger partial charge in [-0.25, -0.2) is 12.8 Å². The van der Waals surface area contributed by atoms with Crippen LogP contribution in [-0.4, -0.2) is 24.5 Å². The first-order valence-corrected chi connectivity index (χ1v) is 12.7. The van der Waals surface area contributed by atoms with Gasteiger partial charge in [0.2, 0.25) is 5.13 Å². The highest BCUT2D eigenvalue weighted by Crippen LogP contribution is 2.28. The molecule has 0 saturated carbocycles. The molecule has 7 nitrogen and oxygen atoms in total. The summed E-state index contributed by atoms with van der Waals surface area (Å²) in [5, 5.41) is 10.8. The number of carbonyl (C=O) groups excluding carboxylic acids is 1. The quantitative estimate of drug-likeness (QED) is 0.280. The van der Waals surface area contributed by atoms with Gasteiger partial charge >= 0.3 is 0 Å². The van der Waals surface area contributed by atoms with Crippen LogP contribution in [0.3, 0.4) is 0 Å². The predicted octanol–water partition coefficient (Wildman–Crippen LogP) is 4.79. The second kappa shape index (κ2) is 9.63. The number of sulfone groups is 1. The van der Waals surface area contributed by atoms with Crippen LogP contribution < -0.4 is 5.32 Å². The molecule has 0 bridgehead atoms. The summed E-state index contributed by atoms with van der Waals surface area (Å²) >= 11 is 2.60. The molecule has 0 atom stereocenters. The van der Waals surface area contributed by atoms with E-state index in [0.717, 1.165) is 5.56 Å². The fraction of sp³-hybridized carbons (Fsp3) is 0.0952. The second-order valence-electron chi connectivity index (χ2n) is 6.58. The van der Waals surface area contributed by atoms with Gasteiger partial charge in [-0.3, -0.25) is 10.1 Å². The van der Waals surface area contributed by atoms with Crippen LogP contribution in [0.2, 0.25) is 0 Å². The summed E-state index contributed by atoms with van der Waals surface area (Å²) in [5.74, 6) is -0.489. The number of rotatable bonds is 8. The lowest BCUT2D eigenvalue weighted by Gasteiger charge is -2.02. The molecule has 0 unspecified atom stereocenters. The number of benzene rings is 2. The van der Waals surface area contributed by atoms with Gasteiger partial charge in [-0.2, -0.15) is 0 Å². The number of thioether (sulfide) groups is 1. The van der Waals surface area contributed by atoms with E-state index in [9.17, 15) is 17.6 Å². The van der Waals surface area contributed by atoms with E-state index in [2.05, 4.69) is 15.5 Å². The first-order chi connectivity index (χ1) is 15.4. The summed E-state index contributed by atoms with van der Waals surface area (Å²) in [6.45, 7) is 0. The molecule has 4 rings (SSSR count). The Morgan fingerprint density at radius 3 is 2.53 bits per heavy atom. The number of hydrogen-bond donors (Lipinski definition) is 1. The third-order valence-electron chi connectivity index (χ3n) is 4.22. The van der Waals surface area contributed by atoms with E-state index in [4.69, 9.17) is 4.42 Å². The van der Waals surface area contributed by atoms with Crippen LogP contribution in [0, 0.1) is 5.82 Å². The molecule has 0 spiro atoms. The molecule has 0 fully saturated rings. The Hall–Kier alpha value is -3.02. The largest absolute Gasteiger partial charge is 0.455 e. The molecule has 2 aromatic heterocycles. The van der Waals surface area contributed by atoms with Crippen LogP contribution in [0.25, 0.3) is 0 Å². The average molecular weight is 490 g/mol. The number of amides is 1. The molecule has 2 aromatic carbocycles. The van der Waals surface area contributed by atoms with Gasteiger partial charge in [0.1, 0.15) is 17.3 Å². The average Bonchev–Trinajstić information content (AvgIpc) is 3.43. The van der Waals surface area contributed by atoms with Crippen LogP contribution >= 0.6 is 23.1 Å². The van der Waals surface area contributed by atoms with Gasteiger partial charge in [-0.15, -0.1) is 10.2 Å². The highest BCUT2D eigenvalue weighted by molar-refractivity contribution is 8.00. The van der Waals surface area contributed by atoms with Gasteiger partial charge in [0.15, 0.2) is 19.9 Å². The molecule has 0 aliphatic rings. The van der Waals surface area contributed by atoms with E-state index in [0.29, 0.717) is 10.1 Å². The molecule has 2 heterocycles. The van der Waals surface area contributed by atoms with E-state index in [1.165, 1.54) is 59.5 Å². The molecule has 0 aliphatic heterocycles. The molecule has 0 radical (unpaired) electrons. The van der Waals surface area contributed by atoms with Gasteiger partial charge in [0.05, 0.1) is 4.90 Å². The number of hydrogen-bond acceptors (Lipinski definition) is 8. The zero-order chi connectivity index (χ0) is 22.6. The Kier molecular flexibility index (Phi) is 6.68. The highest BCUT2D eigenvalue weighted by Gasteiger charge is 2.20. The smallest absolute Gasteiger partial charge is 0.293 e. The first-order valence-electron chi connectivity index (χ1n) is 9.28.